The van der Waals surface area contributed by atoms with Crippen molar-refractivity contribution >= 4 is 11.8 Å². The van der Waals surface area contributed by atoms with Gasteiger partial charge < -0.3 is 4.74 Å². The number of ether oxygens (including phenoxy) is 1. The first-order valence-electron chi connectivity index (χ1n) is 8.81. The zero-order valence-electron chi connectivity index (χ0n) is 13.6. The Kier molecular flexibility index (Phi) is 13.0. The van der Waals surface area contributed by atoms with E-state index in [1.54, 1.807) is 0 Å². The standard InChI is InChI=1S/C17H35NOS/c1-2-3-4-5-6-7-8-9-10-11-16-20-17-18-12-14-19-15-13-18/h2-17H2,1H3. The Bertz CT molecular complexity index is 195. The molecule has 2 nitrogen and oxygen atoms in total. The minimum absolute atomic E-state index is 0.929. The van der Waals surface area contributed by atoms with E-state index in [1.165, 1.54) is 75.8 Å². The van der Waals surface area contributed by atoms with Gasteiger partial charge in [-0.15, -0.1) is 11.8 Å². The number of unbranched alkanes of at least 4 members (excludes halogenated alkanes) is 9. The highest BCUT2D eigenvalue weighted by Gasteiger charge is 2.08. The summed E-state index contributed by atoms with van der Waals surface area (Å²) in [4.78, 5) is 2.52. The van der Waals surface area contributed by atoms with Gasteiger partial charge in [-0.05, 0) is 12.2 Å². The van der Waals surface area contributed by atoms with E-state index in [9.17, 15) is 0 Å². The molecule has 3 heteroatoms. The van der Waals surface area contributed by atoms with E-state index in [4.69, 9.17) is 4.74 Å². The molecule has 0 radical (unpaired) electrons. The van der Waals surface area contributed by atoms with Crippen LogP contribution in [0.3, 0.4) is 0 Å². The third kappa shape index (κ3) is 11.0. The summed E-state index contributed by atoms with van der Waals surface area (Å²) >= 11 is 2.11. The lowest BCUT2D eigenvalue weighted by atomic mass is 10.1. The predicted molar refractivity (Wildman–Crippen MR) is 91.6 cm³/mol. The Morgan fingerprint density at radius 2 is 1.35 bits per heavy atom. The van der Waals surface area contributed by atoms with E-state index in [2.05, 4.69) is 23.6 Å². The molecule has 0 aromatic rings. The fourth-order valence-corrected chi connectivity index (χ4v) is 3.67. The predicted octanol–water partition coefficient (Wildman–Crippen LogP) is 4.93. The van der Waals surface area contributed by atoms with Gasteiger partial charge in [0.25, 0.3) is 0 Å². The van der Waals surface area contributed by atoms with E-state index in [1.807, 2.05) is 0 Å². The average Bonchev–Trinajstić information content (AvgIpc) is 2.49. The quantitative estimate of drug-likeness (QED) is 0.448. The molecule has 0 aromatic heterocycles. The number of morpholine rings is 1. The molecule has 0 bridgehead atoms. The highest BCUT2D eigenvalue weighted by Crippen LogP contribution is 2.13. The summed E-state index contributed by atoms with van der Waals surface area (Å²) in [5.74, 6) is 2.55. The Labute approximate surface area is 131 Å². The first-order chi connectivity index (χ1) is 9.93. The molecular formula is C17H35NOS. The third-order valence-electron chi connectivity index (χ3n) is 4.02. The Morgan fingerprint density at radius 1 is 0.800 bits per heavy atom. The van der Waals surface area contributed by atoms with Crippen LogP contribution < -0.4 is 0 Å². The Morgan fingerprint density at radius 3 is 1.95 bits per heavy atom. The molecule has 0 saturated carbocycles. The zero-order chi connectivity index (χ0) is 14.3. The number of thioether (sulfide) groups is 1. The van der Waals surface area contributed by atoms with Gasteiger partial charge in [0.2, 0.25) is 0 Å². The maximum Gasteiger partial charge on any atom is 0.0594 e. The van der Waals surface area contributed by atoms with Crippen LogP contribution >= 0.6 is 11.8 Å². The van der Waals surface area contributed by atoms with Crippen molar-refractivity contribution in [3.8, 4) is 0 Å². The van der Waals surface area contributed by atoms with Gasteiger partial charge in [0, 0.05) is 19.0 Å². The van der Waals surface area contributed by atoms with E-state index in [0.29, 0.717) is 0 Å². The molecule has 1 aliphatic heterocycles. The van der Waals surface area contributed by atoms with Gasteiger partial charge in [-0.1, -0.05) is 64.7 Å². The summed E-state index contributed by atoms with van der Waals surface area (Å²) in [6.07, 6.45) is 14.4. The van der Waals surface area contributed by atoms with Crippen molar-refractivity contribution < 1.29 is 4.74 Å². The molecule has 120 valence electrons. The minimum atomic E-state index is 0.929. The average molecular weight is 302 g/mol. The SMILES string of the molecule is CCCCCCCCCCCCSCN1CCOCC1. The molecule has 1 aliphatic rings. The van der Waals surface area contributed by atoms with Gasteiger partial charge in [0.15, 0.2) is 0 Å². The molecule has 0 N–H and O–H groups in total. The van der Waals surface area contributed by atoms with Gasteiger partial charge in [0.1, 0.15) is 0 Å². The monoisotopic (exact) mass is 301 g/mol. The largest absolute Gasteiger partial charge is 0.379 e. The maximum atomic E-state index is 5.36. The fourth-order valence-electron chi connectivity index (χ4n) is 2.62. The molecule has 0 aliphatic carbocycles. The van der Waals surface area contributed by atoms with Gasteiger partial charge in [-0.2, -0.15) is 0 Å². The van der Waals surface area contributed by atoms with Crippen LogP contribution in [0.2, 0.25) is 0 Å². The Hall–Kier alpha value is 0.270. The van der Waals surface area contributed by atoms with E-state index >= 15 is 0 Å². The van der Waals surface area contributed by atoms with Crippen molar-refractivity contribution in [2.75, 3.05) is 37.9 Å². The van der Waals surface area contributed by atoms with Crippen LogP contribution in [0.1, 0.15) is 71.1 Å². The van der Waals surface area contributed by atoms with Crippen molar-refractivity contribution in [3.05, 3.63) is 0 Å². The summed E-state index contributed by atoms with van der Waals surface area (Å²) in [7, 11) is 0. The normalized spacial score (nSPS) is 16.6. The molecule has 0 atom stereocenters. The Balaban J connectivity index is 1.70. The van der Waals surface area contributed by atoms with Crippen molar-refractivity contribution in [3.63, 3.8) is 0 Å². The number of nitrogens with zero attached hydrogens (tertiary/aromatic N) is 1. The van der Waals surface area contributed by atoms with Gasteiger partial charge in [-0.3, -0.25) is 4.90 Å². The maximum absolute atomic E-state index is 5.36. The van der Waals surface area contributed by atoms with E-state index in [-0.39, 0.29) is 0 Å². The summed E-state index contributed by atoms with van der Waals surface area (Å²) < 4.78 is 5.36. The first-order valence-corrected chi connectivity index (χ1v) is 9.97. The van der Waals surface area contributed by atoms with Gasteiger partial charge in [-0.25, -0.2) is 0 Å². The highest BCUT2D eigenvalue weighted by atomic mass is 32.2. The summed E-state index contributed by atoms with van der Waals surface area (Å²) in [6, 6.07) is 0. The second-order valence-electron chi connectivity index (χ2n) is 5.95. The van der Waals surface area contributed by atoms with Crippen molar-refractivity contribution in [2.24, 2.45) is 0 Å². The number of hydrogen-bond acceptors (Lipinski definition) is 3. The summed E-state index contributed by atoms with van der Waals surface area (Å²) in [5, 5.41) is 0. The molecule has 1 saturated heterocycles. The highest BCUT2D eigenvalue weighted by molar-refractivity contribution is 7.99. The van der Waals surface area contributed by atoms with Crippen LogP contribution in [0.25, 0.3) is 0 Å². The molecule has 20 heavy (non-hydrogen) atoms. The molecule has 0 spiro atoms. The van der Waals surface area contributed by atoms with Crippen molar-refractivity contribution in [1.82, 2.24) is 4.90 Å². The summed E-state index contributed by atoms with van der Waals surface area (Å²) in [6.45, 7) is 6.41. The van der Waals surface area contributed by atoms with Gasteiger partial charge in [0.05, 0.1) is 13.2 Å². The summed E-state index contributed by atoms with van der Waals surface area (Å²) in [5.41, 5.74) is 0. The first kappa shape index (κ1) is 18.3. The third-order valence-corrected chi connectivity index (χ3v) is 5.14. The molecule has 1 heterocycles. The number of rotatable bonds is 13. The molecule has 1 fully saturated rings. The van der Waals surface area contributed by atoms with E-state index < -0.39 is 0 Å². The zero-order valence-corrected chi connectivity index (χ0v) is 14.4. The topological polar surface area (TPSA) is 12.5 Å². The van der Waals surface area contributed by atoms with Crippen molar-refractivity contribution in [1.29, 1.82) is 0 Å². The lowest BCUT2D eigenvalue weighted by molar-refractivity contribution is 0.0474. The second-order valence-corrected chi connectivity index (χ2v) is 7.02. The van der Waals surface area contributed by atoms with Crippen molar-refractivity contribution in [2.45, 2.75) is 71.1 Å². The second kappa shape index (κ2) is 14.2. The molecule has 1 rings (SSSR count). The number of hydrogen-bond donors (Lipinski definition) is 0. The van der Waals surface area contributed by atoms with Crippen LogP contribution in [-0.2, 0) is 4.74 Å². The smallest absolute Gasteiger partial charge is 0.0594 e. The molecule has 0 amide bonds. The van der Waals surface area contributed by atoms with Crippen LogP contribution in [0.4, 0.5) is 0 Å². The van der Waals surface area contributed by atoms with Crippen LogP contribution in [-0.4, -0.2) is 42.8 Å². The van der Waals surface area contributed by atoms with Crippen LogP contribution in [0, 0.1) is 0 Å². The molecule has 0 unspecified atom stereocenters. The lowest BCUT2D eigenvalue weighted by Gasteiger charge is -2.25. The van der Waals surface area contributed by atoms with Crippen LogP contribution in [0.15, 0.2) is 0 Å². The minimum Gasteiger partial charge on any atom is -0.379 e. The fraction of sp³-hybridized carbons (Fsp3) is 1.00. The van der Waals surface area contributed by atoms with Gasteiger partial charge >= 0.3 is 0 Å². The van der Waals surface area contributed by atoms with E-state index in [0.717, 1.165) is 26.3 Å². The van der Waals surface area contributed by atoms with Crippen LogP contribution in [0.5, 0.6) is 0 Å². The molecular weight excluding hydrogens is 266 g/mol. The lowest BCUT2D eigenvalue weighted by Crippen LogP contribution is -2.35. The molecule has 0 aromatic carbocycles.